The topological polar surface area (TPSA) is 46.2 Å². The highest BCUT2D eigenvalue weighted by Crippen LogP contribution is 2.27. The Morgan fingerprint density at radius 1 is 1.35 bits per heavy atom. The maximum absolute atomic E-state index is 12.2. The molecule has 7 heteroatoms. The van der Waals surface area contributed by atoms with E-state index in [-0.39, 0.29) is 10.9 Å². The van der Waals surface area contributed by atoms with E-state index in [1.165, 1.54) is 0 Å². The number of nitrogens with one attached hydrogen (secondary N) is 1. The predicted octanol–water partition coefficient (Wildman–Crippen LogP) is 3.00. The van der Waals surface area contributed by atoms with E-state index < -0.39 is 10.0 Å². The van der Waals surface area contributed by atoms with Gasteiger partial charge in [-0.25, -0.2) is 13.1 Å². The maximum Gasteiger partial charge on any atom is 0.242 e. The van der Waals surface area contributed by atoms with Crippen LogP contribution in [0.1, 0.15) is 6.42 Å². The van der Waals surface area contributed by atoms with Gasteiger partial charge in [-0.05, 0) is 46.3 Å². The summed E-state index contributed by atoms with van der Waals surface area (Å²) in [5, 5.41) is 0. The quantitative estimate of drug-likeness (QED) is 0.848. The van der Waals surface area contributed by atoms with Crippen molar-refractivity contribution in [3.8, 4) is 0 Å². The van der Waals surface area contributed by atoms with Crippen molar-refractivity contribution in [1.29, 1.82) is 0 Å². The molecule has 0 amide bonds. The highest BCUT2D eigenvalue weighted by Gasteiger charge is 2.24. The van der Waals surface area contributed by atoms with Crippen LogP contribution in [-0.4, -0.2) is 26.0 Å². The normalized spacial score (nSPS) is 20.7. The number of hydrogen-bond acceptors (Lipinski definition) is 3. The standard InChI is InChI=1S/C10H11Br2NO2S2/c11-7-1-2-9(12)10(5-7)17(14,15)13-8-3-4-16-6-8/h1-2,5,8,13H,3-4,6H2. The number of hydrogen-bond donors (Lipinski definition) is 1. The van der Waals surface area contributed by atoms with Crippen LogP contribution in [0.25, 0.3) is 0 Å². The zero-order chi connectivity index (χ0) is 12.5. The van der Waals surface area contributed by atoms with Gasteiger partial charge in [-0.1, -0.05) is 15.9 Å². The van der Waals surface area contributed by atoms with Crippen LogP contribution in [0.2, 0.25) is 0 Å². The summed E-state index contributed by atoms with van der Waals surface area (Å²) in [5.74, 6) is 1.87. The minimum Gasteiger partial charge on any atom is -0.207 e. The van der Waals surface area contributed by atoms with Gasteiger partial charge in [0.25, 0.3) is 0 Å². The molecular formula is C10H11Br2NO2S2. The van der Waals surface area contributed by atoms with E-state index in [1.807, 2.05) is 0 Å². The molecule has 1 N–H and O–H groups in total. The van der Waals surface area contributed by atoms with Crippen molar-refractivity contribution in [1.82, 2.24) is 4.72 Å². The van der Waals surface area contributed by atoms with E-state index >= 15 is 0 Å². The minimum atomic E-state index is -3.44. The van der Waals surface area contributed by atoms with Gasteiger partial charge in [-0.2, -0.15) is 11.8 Å². The number of sulfonamides is 1. The SMILES string of the molecule is O=S(=O)(NC1CCSC1)c1cc(Br)ccc1Br. The van der Waals surface area contributed by atoms with Crippen molar-refractivity contribution in [2.45, 2.75) is 17.4 Å². The van der Waals surface area contributed by atoms with Gasteiger partial charge in [0.05, 0.1) is 4.90 Å². The van der Waals surface area contributed by atoms with Gasteiger partial charge in [0, 0.05) is 20.7 Å². The van der Waals surface area contributed by atoms with Crippen molar-refractivity contribution in [2.75, 3.05) is 11.5 Å². The van der Waals surface area contributed by atoms with E-state index in [9.17, 15) is 8.42 Å². The van der Waals surface area contributed by atoms with Gasteiger partial charge < -0.3 is 0 Å². The second-order valence-electron chi connectivity index (χ2n) is 3.76. The molecule has 2 rings (SSSR count). The first-order valence-electron chi connectivity index (χ1n) is 5.04. The first kappa shape index (κ1) is 13.9. The van der Waals surface area contributed by atoms with Gasteiger partial charge in [-0.3, -0.25) is 0 Å². The summed E-state index contributed by atoms with van der Waals surface area (Å²) in [4.78, 5) is 0.281. The molecule has 1 aliphatic heterocycles. The second kappa shape index (κ2) is 5.61. The van der Waals surface area contributed by atoms with Crippen molar-refractivity contribution in [3.63, 3.8) is 0 Å². The molecule has 94 valence electrons. The molecule has 1 aromatic carbocycles. The highest BCUT2D eigenvalue weighted by atomic mass is 79.9. The van der Waals surface area contributed by atoms with Crippen LogP contribution in [0.5, 0.6) is 0 Å². The Labute approximate surface area is 122 Å². The first-order chi connectivity index (χ1) is 7.99. The molecule has 17 heavy (non-hydrogen) atoms. The lowest BCUT2D eigenvalue weighted by Crippen LogP contribution is -2.34. The largest absolute Gasteiger partial charge is 0.242 e. The zero-order valence-corrected chi connectivity index (χ0v) is 13.6. The maximum atomic E-state index is 12.2. The lowest BCUT2D eigenvalue weighted by Gasteiger charge is -2.13. The summed E-state index contributed by atoms with van der Waals surface area (Å²) in [6, 6.07) is 5.18. The molecule has 1 atom stereocenters. The van der Waals surface area contributed by atoms with Gasteiger partial charge in [0.15, 0.2) is 0 Å². The molecule has 0 bridgehead atoms. The molecule has 0 aliphatic carbocycles. The van der Waals surface area contributed by atoms with Crippen molar-refractivity contribution in [3.05, 3.63) is 27.1 Å². The van der Waals surface area contributed by atoms with Gasteiger partial charge in [0.2, 0.25) is 10.0 Å². The van der Waals surface area contributed by atoms with E-state index in [0.717, 1.165) is 22.4 Å². The lowest BCUT2D eigenvalue weighted by atomic mass is 10.3. The average Bonchev–Trinajstić information content (AvgIpc) is 2.73. The van der Waals surface area contributed by atoms with Crippen molar-refractivity contribution in [2.24, 2.45) is 0 Å². The van der Waals surface area contributed by atoms with Crippen LogP contribution < -0.4 is 4.72 Å². The van der Waals surface area contributed by atoms with E-state index in [1.54, 1.807) is 30.0 Å². The summed E-state index contributed by atoms with van der Waals surface area (Å²) < 4.78 is 28.5. The third-order valence-electron chi connectivity index (χ3n) is 2.43. The average molecular weight is 401 g/mol. The minimum absolute atomic E-state index is 0.0517. The smallest absolute Gasteiger partial charge is 0.207 e. The molecule has 1 aromatic rings. The Bertz CT molecular complexity index is 513. The molecular weight excluding hydrogens is 390 g/mol. The van der Waals surface area contributed by atoms with Crippen LogP contribution >= 0.6 is 43.6 Å². The lowest BCUT2D eigenvalue weighted by molar-refractivity contribution is 0.562. The molecule has 1 unspecified atom stereocenters. The first-order valence-corrected chi connectivity index (χ1v) is 9.26. The fourth-order valence-electron chi connectivity index (χ4n) is 1.59. The zero-order valence-electron chi connectivity index (χ0n) is 8.82. The Morgan fingerprint density at radius 3 is 2.76 bits per heavy atom. The van der Waals surface area contributed by atoms with Gasteiger partial charge in [-0.15, -0.1) is 0 Å². The Hall–Kier alpha value is 0.440. The van der Waals surface area contributed by atoms with Gasteiger partial charge in [0.1, 0.15) is 0 Å². The predicted molar refractivity (Wildman–Crippen MR) is 77.9 cm³/mol. The summed E-state index contributed by atoms with van der Waals surface area (Å²) in [6.45, 7) is 0. The molecule has 1 heterocycles. The monoisotopic (exact) mass is 399 g/mol. The third kappa shape index (κ3) is 3.47. The molecule has 0 radical (unpaired) electrons. The van der Waals surface area contributed by atoms with Crippen molar-refractivity contribution >= 4 is 53.6 Å². The molecule has 1 saturated heterocycles. The van der Waals surface area contributed by atoms with Crippen molar-refractivity contribution < 1.29 is 8.42 Å². The number of thioether (sulfide) groups is 1. The van der Waals surface area contributed by atoms with Crippen LogP contribution in [0.15, 0.2) is 32.0 Å². The Kier molecular flexibility index (Phi) is 4.57. The van der Waals surface area contributed by atoms with Crippen LogP contribution in [0, 0.1) is 0 Å². The summed E-state index contributed by atoms with van der Waals surface area (Å²) in [6.07, 6.45) is 0.898. The molecule has 0 aromatic heterocycles. The van der Waals surface area contributed by atoms with Crippen LogP contribution in [-0.2, 0) is 10.0 Å². The second-order valence-corrected chi connectivity index (χ2v) is 8.36. The molecule has 1 fully saturated rings. The number of halogens is 2. The third-order valence-corrected chi connectivity index (χ3v) is 6.60. The van der Waals surface area contributed by atoms with E-state index in [2.05, 4.69) is 36.6 Å². The van der Waals surface area contributed by atoms with Gasteiger partial charge >= 0.3 is 0 Å². The fourth-order valence-corrected chi connectivity index (χ4v) is 5.62. The Morgan fingerprint density at radius 2 is 2.12 bits per heavy atom. The molecule has 0 spiro atoms. The summed E-state index contributed by atoms with van der Waals surface area (Å²) >= 11 is 8.33. The summed E-state index contributed by atoms with van der Waals surface area (Å²) in [7, 11) is -3.44. The molecule has 1 aliphatic rings. The van der Waals surface area contributed by atoms with E-state index in [0.29, 0.717) is 4.47 Å². The molecule has 3 nitrogen and oxygen atoms in total. The molecule has 0 saturated carbocycles. The summed E-state index contributed by atoms with van der Waals surface area (Å²) in [5.41, 5.74) is 0. The number of benzene rings is 1. The number of rotatable bonds is 3. The highest BCUT2D eigenvalue weighted by molar-refractivity contribution is 9.11. The van der Waals surface area contributed by atoms with E-state index in [4.69, 9.17) is 0 Å². The van der Waals surface area contributed by atoms with Crippen LogP contribution in [0.3, 0.4) is 0 Å². The fraction of sp³-hybridized carbons (Fsp3) is 0.400. The Balaban J connectivity index is 2.27. The van der Waals surface area contributed by atoms with Crippen LogP contribution in [0.4, 0.5) is 0 Å².